The van der Waals surface area contributed by atoms with Crippen LogP contribution in [0.15, 0.2) is 40.8 Å². The summed E-state index contributed by atoms with van der Waals surface area (Å²) in [5.74, 6) is 1.28. The summed E-state index contributed by atoms with van der Waals surface area (Å²) in [5, 5.41) is 0. The van der Waals surface area contributed by atoms with Crippen LogP contribution in [0.3, 0.4) is 0 Å². The maximum Gasteiger partial charge on any atom is 0.231 e. The number of hydrogen-bond acceptors (Lipinski definition) is 4. The van der Waals surface area contributed by atoms with Crippen molar-refractivity contribution in [1.29, 1.82) is 0 Å². The second-order valence-electron chi connectivity index (χ2n) is 4.45. The minimum Gasteiger partial charge on any atom is -0.496 e. The maximum absolute atomic E-state index is 5.76. The van der Waals surface area contributed by atoms with E-state index in [1.54, 1.807) is 13.2 Å². The Labute approximate surface area is 110 Å². The number of aryl methyl sites for hydroxylation is 1. The fraction of sp³-hybridized carbons (Fsp3) is 0.133. The molecule has 1 aromatic heterocycles. The number of anilines is 1. The Morgan fingerprint density at radius 1 is 1.16 bits per heavy atom. The number of rotatable bonds is 2. The summed E-state index contributed by atoms with van der Waals surface area (Å²) in [5.41, 5.74) is 9.83. The molecule has 1 heterocycles. The van der Waals surface area contributed by atoms with Crippen molar-refractivity contribution < 1.29 is 9.15 Å². The van der Waals surface area contributed by atoms with Gasteiger partial charge in [-0.1, -0.05) is 11.6 Å². The number of aromatic nitrogens is 1. The molecule has 4 nitrogen and oxygen atoms in total. The average Bonchev–Trinajstić information content (AvgIpc) is 2.81. The van der Waals surface area contributed by atoms with Gasteiger partial charge in [0, 0.05) is 11.8 Å². The molecule has 0 atom stereocenters. The lowest BCUT2D eigenvalue weighted by Gasteiger charge is -2.05. The Balaban J connectivity index is 2.21. The fourth-order valence-electron chi connectivity index (χ4n) is 2.05. The van der Waals surface area contributed by atoms with E-state index in [9.17, 15) is 0 Å². The highest BCUT2D eigenvalue weighted by Gasteiger charge is 2.13. The van der Waals surface area contributed by atoms with Crippen molar-refractivity contribution in [2.45, 2.75) is 6.92 Å². The summed E-state index contributed by atoms with van der Waals surface area (Å²) in [4.78, 5) is 4.47. The molecule has 0 aliphatic rings. The minimum absolute atomic E-state index is 0.543. The highest BCUT2D eigenvalue weighted by Crippen LogP contribution is 2.32. The van der Waals surface area contributed by atoms with E-state index in [4.69, 9.17) is 14.9 Å². The Hall–Kier alpha value is -2.49. The molecule has 2 N–H and O–H groups in total. The minimum atomic E-state index is 0.543. The van der Waals surface area contributed by atoms with Crippen LogP contribution in [-0.4, -0.2) is 12.1 Å². The molecule has 0 aliphatic carbocycles. The molecule has 0 amide bonds. The average molecular weight is 254 g/mol. The first-order valence-electron chi connectivity index (χ1n) is 5.98. The van der Waals surface area contributed by atoms with Gasteiger partial charge in [-0.25, -0.2) is 4.98 Å². The van der Waals surface area contributed by atoms with Crippen molar-refractivity contribution in [3.63, 3.8) is 0 Å². The Kier molecular flexibility index (Phi) is 2.63. The van der Waals surface area contributed by atoms with Crippen molar-refractivity contribution in [2.75, 3.05) is 12.8 Å². The number of nitrogens with zero attached hydrogens (tertiary/aromatic N) is 1. The number of benzene rings is 2. The molecule has 0 bridgehead atoms. The molecule has 0 radical (unpaired) electrons. The van der Waals surface area contributed by atoms with Gasteiger partial charge in [-0.15, -0.1) is 0 Å². The van der Waals surface area contributed by atoms with Crippen LogP contribution in [0.25, 0.3) is 22.6 Å². The molecule has 0 fully saturated rings. The maximum atomic E-state index is 5.76. The van der Waals surface area contributed by atoms with E-state index in [1.807, 2.05) is 37.3 Å². The Bertz CT molecular complexity index is 747. The zero-order chi connectivity index (χ0) is 13.4. The van der Waals surface area contributed by atoms with Gasteiger partial charge in [-0.2, -0.15) is 0 Å². The predicted molar refractivity (Wildman–Crippen MR) is 75.1 cm³/mol. The predicted octanol–water partition coefficient (Wildman–Crippen LogP) is 3.39. The van der Waals surface area contributed by atoms with E-state index >= 15 is 0 Å². The SMILES string of the molecule is COc1ccc(C)cc1-c1nc2ccc(N)cc2o1. The van der Waals surface area contributed by atoms with Crippen molar-refractivity contribution in [3.8, 4) is 17.2 Å². The molecular weight excluding hydrogens is 240 g/mol. The molecular formula is C15H14N2O2. The lowest BCUT2D eigenvalue weighted by molar-refractivity contribution is 0.414. The molecule has 3 rings (SSSR count). The number of methoxy groups -OCH3 is 1. The Morgan fingerprint density at radius 2 is 2.00 bits per heavy atom. The van der Waals surface area contributed by atoms with Gasteiger partial charge in [0.2, 0.25) is 5.89 Å². The van der Waals surface area contributed by atoms with E-state index in [1.165, 1.54) is 0 Å². The fourth-order valence-corrected chi connectivity index (χ4v) is 2.05. The van der Waals surface area contributed by atoms with Crippen LogP contribution in [-0.2, 0) is 0 Å². The monoisotopic (exact) mass is 254 g/mol. The van der Waals surface area contributed by atoms with E-state index in [-0.39, 0.29) is 0 Å². The summed E-state index contributed by atoms with van der Waals surface area (Å²) in [6, 6.07) is 11.3. The number of oxazole rings is 1. The largest absolute Gasteiger partial charge is 0.496 e. The lowest BCUT2D eigenvalue weighted by atomic mass is 10.1. The second-order valence-corrected chi connectivity index (χ2v) is 4.45. The van der Waals surface area contributed by atoms with Crippen LogP contribution in [0.2, 0.25) is 0 Å². The van der Waals surface area contributed by atoms with Gasteiger partial charge in [0.05, 0.1) is 12.7 Å². The number of ether oxygens (including phenoxy) is 1. The van der Waals surface area contributed by atoms with Gasteiger partial charge in [0.15, 0.2) is 5.58 Å². The Morgan fingerprint density at radius 3 is 2.79 bits per heavy atom. The smallest absolute Gasteiger partial charge is 0.231 e. The zero-order valence-electron chi connectivity index (χ0n) is 10.8. The van der Waals surface area contributed by atoms with Crippen LogP contribution < -0.4 is 10.5 Å². The van der Waals surface area contributed by atoms with Gasteiger partial charge in [0.25, 0.3) is 0 Å². The van der Waals surface area contributed by atoms with Crippen LogP contribution in [0.4, 0.5) is 5.69 Å². The number of hydrogen-bond donors (Lipinski definition) is 1. The topological polar surface area (TPSA) is 61.3 Å². The van der Waals surface area contributed by atoms with E-state index in [0.717, 1.165) is 22.4 Å². The molecule has 2 aromatic carbocycles. The lowest BCUT2D eigenvalue weighted by Crippen LogP contribution is -1.88. The van der Waals surface area contributed by atoms with Gasteiger partial charge >= 0.3 is 0 Å². The van der Waals surface area contributed by atoms with E-state index in [0.29, 0.717) is 17.2 Å². The molecule has 0 spiro atoms. The second kappa shape index (κ2) is 4.31. The molecule has 0 aliphatic heterocycles. The third-order valence-corrected chi connectivity index (χ3v) is 3.00. The van der Waals surface area contributed by atoms with Gasteiger partial charge < -0.3 is 14.9 Å². The highest BCUT2D eigenvalue weighted by molar-refractivity contribution is 5.80. The van der Waals surface area contributed by atoms with Gasteiger partial charge in [-0.3, -0.25) is 0 Å². The molecule has 96 valence electrons. The first-order valence-corrected chi connectivity index (χ1v) is 5.98. The third kappa shape index (κ3) is 2.01. The quantitative estimate of drug-likeness (QED) is 0.712. The normalized spacial score (nSPS) is 10.8. The third-order valence-electron chi connectivity index (χ3n) is 3.00. The summed E-state index contributed by atoms with van der Waals surface area (Å²) in [7, 11) is 1.63. The summed E-state index contributed by atoms with van der Waals surface area (Å²) in [6.45, 7) is 2.02. The molecule has 0 saturated heterocycles. The summed E-state index contributed by atoms with van der Waals surface area (Å²) >= 11 is 0. The molecule has 0 saturated carbocycles. The van der Waals surface area contributed by atoms with Crippen LogP contribution in [0, 0.1) is 6.92 Å². The van der Waals surface area contributed by atoms with Crippen molar-refractivity contribution in [1.82, 2.24) is 4.98 Å². The number of nitrogens with two attached hydrogens (primary N) is 1. The molecule has 3 aromatic rings. The standard InChI is InChI=1S/C15H14N2O2/c1-9-3-6-13(18-2)11(7-9)15-17-12-5-4-10(16)8-14(12)19-15/h3-8H,16H2,1-2H3. The first kappa shape index (κ1) is 11.6. The van der Waals surface area contributed by atoms with E-state index in [2.05, 4.69) is 4.98 Å². The van der Waals surface area contributed by atoms with Crippen LogP contribution >= 0.6 is 0 Å². The summed E-state index contributed by atoms with van der Waals surface area (Å²) < 4.78 is 11.1. The number of fused-ring (bicyclic) bond motifs is 1. The zero-order valence-corrected chi connectivity index (χ0v) is 10.8. The van der Waals surface area contributed by atoms with Gasteiger partial charge in [0.1, 0.15) is 11.3 Å². The highest BCUT2D eigenvalue weighted by atomic mass is 16.5. The van der Waals surface area contributed by atoms with Crippen LogP contribution in [0.1, 0.15) is 5.56 Å². The van der Waals surface area contributed by atoms with Crippen molar-refractivity contribution in [3.05, 3.63) is 42.0 Å². The first-order chi connectivity index (χ1) is 9.17. The number of nitrogen functional groups attached to an aromatic ring is 1. The molecule has 19 heavy (non-hydrogen) atoms. The van der Waals surface area contributed by atoms with Gasteiger partial charge in [-0.05, 0) is 31.2 Å². The van der Waals surface area contributed by atoms with E-state index < -0.39 is 0 Å². The van der Waals surface area contributed by atoms with Crippen LogP contribution in [0.5, 0.6) is 5.75 Å². The van der Waals surface area contributed by atoms with Crippen molar-refractivity contribution >= 4 is 16.8 Å². The van der Waals surface area contributed by atoms with Crippen molar-refractivity contribution in [2.24, 2.45) is 0 Å². The molecule has 0 unspecified atom stereocenters. The summed E-state index contributed by atoms with van der Waals surface area (Å²) in [6.07, 6.45) is 0. The molecule has 4 heteroatoms.